The Morgan fingerprint density at radius 1 is 1.24 bits per heavy atom. The minimum absolute atomic E-state index is 0.0992. The number of hydrogen-bond donors (Lipinski definition) is 1. The molecule has 2 unspecified atom stereocenters. The molecule has 0 saturated heterocycles. The fraction of sp³-hybridized carbons (Fsp3) is 0.588. The SMILES string of the molecule is CCCC(N)C(C#N)(c1ccc(OC)c(OC)c1)C(C)C. The first-order chi connectivity index (χ1) is 9.97. The van der Waals surface area contributed by atoms with E-state index in [-0.39, 0.29) is 12.0 Å². The highest BCUT2D eigenvalue weighted by Gasteiger charge is 2.42. The van der Waals surface area contributed by atoms with Crippen LogP contribution in [0.5, 0.6) is 11.5 Å². The number of nitrogens with zero attached hydrogens (tertiary/aromatic N) is 1. The van der Waals surface area contributed by atoms with Gasteiger partial charge < -0.3 is 15.2 Å². The summed E-state index contributed by atoms with van der Waals surface area (Å²) < 4.78 is 10.6. The standard InChI is InChI=1S/C17H26N2O2/c1-6-7-16(19)17(11-18,12(2)3)13-8-9-14(20-4)15(10-13)21-5/h8-10,12,16H,6-7,19H2,1-5H3. The topological polar surface area (TPSA) is 68.3 Å². The van der Waals surface area contributed by atoms with Gasteiger partial charge in [-0.3, -0.25) is 0 Å². The zero-order chi connectivity index (χ0) is 16.0. The maximum atomic E-state index is 9.89. The van der Waals surface area contributed by atoms with Crippen LogP contribution in [0.25, 0.3) is 0 Å². The molecule has 1 aromatic rings. The van der Waals surface area contributed by atoms with Crippen molar-refractivity contribution in [3.05, 3.63) is 23.8 Å². The van der Waals surface area contributed by atoms with Crippen LogP contribution in [0.4, 0.5) is 0 Å². The largest absolute Gasteiger partial charge is 0.493 e. The van der Waals surface area contributed by atoms with E-state index in [9.17, 15) is 5.26 Å². The summed E-state index contributed by atoms with van der Waals surface area (Å²) in [6, 6.07) is 7.89. The molecule has 1 rings (SSSR count). The second kappa shape index (κ2) is 7.33. The molecule has 0 aliphatic carbocycles. The van der Waals surface area contributed by atoms with E-state index in [4.69, 9.17) is 15.2 Å². The van der Waals surface area contributed by atoms with Gasteiger partial charge in [0.15, 0.2) is 11.5 Å². The Morgan fingerprint density at radius 3 is 2.29 bits per heavy atom. The lowest BCUT2D eigenvalue weighted by molar-refractivity contribution is 0.307. The van der Waals surface area contributed by atoms with E-state index >= 15 is 0 Å². The zero-order valence-corrected chi connectivity index (χ0v) is 13.6. The molecule has 0 aliphatic heterocycles. The molecule has 2 N–H and O–H groups in total. The molecule has 0 heterocycles. The van der Waals surface area contributed by atoms with Crippen molar-refractivity contribution in [3.63, 3.8) is 0 Å². The molecule has 116 valence electrons. The molecular formula is C17H26N2O2. The Labute approximate surface area is 127 Å². The lowest BCUT2D eigenvalue weighted by Crippen LogP contribution is -2.48. The van der Waals surface area contributed by atoms with E-state index in [1.165, 1.54) is 0 Å². The van der Waals surface area contributed by atoms with Crippen molar-refractivity contribution in [1.29, 1.82) is 5.26 Å². The molecule has 4 heteroatoms. The van der Waals surface area contributed by atoms with Gasteiger partial charge in [0.25, 0.3) is 0 Å². The van der Waals surface area contributed by atoms with Crippen LogP contribution in [-0.4, -0.2) is 20.3 Å². The van der Waals surface area contributed by atoms with Gasteiger partial charge in [-0.25, -0.2) is 0 Å². The zero-order valence-electron chi connectivity index (χ0n) is 13.6. The van der Waals surface area contributed by atoms with Gasteiger partial charge in [-0.2, -0.15) is 5.26 Å². The van der Waals surface area contributed by atoms with Gasteiger partial charge in [0.05, 0.1) is 25.7 Å². The molecule has 0 aromatic heterocycles. The molecule has 1 aromatic carbocycles. The molecule has 0 amide bonds. The van der Waals surface area contributed by atoms with Crippen molar-refractivity contribution in [3.8, 4) is 17.6 Å². The third kappa shape index (κ3) is 3.14. The van der Waals surface area contributed by atoms with E-state index in [0.29, 0.717) is 11.5 Å². The van der Waals surface area contributed by atoms with Crippen molar-refractivity contribution in [2.45, 2.75) is 45.1 Å². The number of benzene rings is 1. The number of methoxy groups -OCH3 is 2. The van der Waals surface area contributed by atoms with Crippen LogP contribution in [0.1, 0.15) is 39.2 Å². The van der Waals surface area contributed by atoms with Crippen molar-refractivity contribution in [1.82, 2.24) is 0 Å². The Hall–Kier alpha value is -1.73. The predicted octanol–water partition coefficient (Wildman–Crippen LogP) is 3.25. The van der Waals surface area contributed by atoms with E-state index in [2.05, 4.69) is 13.0 Å². The second-order valence-electron chi connectivity index (χ2n) is 5.60. The summed E-state index contributed by atoms with van der Waals surface area (Å²) in [7, 11) is 3.19. The summed E-state index contributed by atoms with van der Waals surface area (Å²) >= 11 is 0. The van der Waals surface area contributed by atoms with Crippen LogP contribution in [0.3, 0.4) is 0 Å². The number of hydrogen-bond acceptors (Lipinski definition) is 4. The van der Waals surface area contributed by atoms with Crippen LogP contribution >= 0.6 is 0 Å². The smallest absolute Gasteiger partial charge is 0.161 e. The number of rotatable bonds is 7. The molecule has 0 spiro atoms. The lowest BCUT2D eigenvalue weighted by atomic mass is 9.66. The molecule has 0 fully saturated rings. The first-order valence-electron chi connectivity index (χ1n) is 7.37. The van der Waals surface area contributed by atoms with Gasteiger partial charge >= 0.3 is 0 Å². The first kappa shape index (κ1) is 17.3. The third-order valence-electron chi connectivity index (χ3n) is 4.14. The van der Waals surface area contributed by atoms with Crippen molar-refractivity contribution in [2.24, 2.45) is 11.7 Å². The van der Waals surface area contributed by atoms with Crippen LogP contribution in [0, 0.1) is 17.2 Å². The van der Waals surface area contributed by atoms with Crippen LogP contribution in [0.15, 0.2) is 18.2 Å². The van der Waals surface area contributed by atoms with Gasteiger partial charge in [-0.15, -0.1) is 0 Å². The van der Waals surface area contributed by atoms with Gasteiger partial charge in [0.2, 0.25) is 0 Å². The summed E-state index contributed by atoms with van der Waals surface area (Å²) in [4.78, 5) is 0. The second-order valence-corrected chi connectivity index (χ2v) is 5.60. The van der Waals surface area contributed by atoms with E-state index in [0.717, 1.165) is 18.4 Å². The Morgan fingerprint density at radius 2 is 1.86 bits per heavy atom. The molecule has 21 heavy (non-hydrogen) atoms. The molecular weight excluding hydrogens is 264 g/mol. The molecule has 4 nitrogen and oxygen atoms in total. The Balaban J connectivity index is 3.43. The van der Waals surface area contributed by atoms with Crippen molar-refractivity contribution >= 4 is 0 Å². The summed E-state index contributed by atoms with van der Waals surface area (Å²) in [5, 5.41) is 9.89. The van der Waals surface area contributed by atoms with E-state index in [1.807, 2.05) is 32.0 Å². The highest BCUT2D eigenvalue weighted by atomic mass is 16.5. The highest BCUT2D eigenvalue weighted by Crippen LogP contribution is 2.40. The number of nitrogens with two attached hydrogens (primary N) is 1. The van der Waals surface area contributed by atoms with E-state index in [1.54, 1.807) is 14.2 Å². The average molecular weight is 290 g/mol. The highest BCUT2D eigenvalue weighted by molar-refractivity contribution is 5.48. The monoisotopic (exact) mass is 290 g/mol. The fourth-order valence-electron chi connectivity index (χ4n) is 2.88. The average Bonchev–Trinajstić information content (AvgIpc) is 2.48. The molecule has 0 saturated carbocycles. The fourth-order valence-corrected chi connectivity index (χ4v) is 2.88. The van der Waals surface area contributed by atoms with Crippen LogP contribution < -0.4 is 15.2 Å². The van der Waals surface area contributed by atoms with Crippen molar-refractivity contribution in [2.75, 3.05) is 14.2 Å². The quantitative estimate of drug-likeness (QED) is 0.837. The summed E-state index contributed by atoms with van der Waals surface area (Å²) in [6.07, 6.45) is 1.75. The lowest BCUT2D eigenvalue weighted by Gasteiger charge is -2.37. The molecule has 0 aliphatic rings. The minimum Gasteiger partial charge on any atom is -0.493 e. The van der Waals surface area contributed by atoms with Gasteiger partial charge in [-0.05, 0) is 30.0 Å². The molecule has 0 radical (unpaired) electrons. The summed E-state index contributed by atoms with van der Waals surface area (Å²) in [5.74, 6) is 1.38. The van der Waals surface area contributed by atoms with Gasteiger partial charge in [0.1, 0.15) is 0 Å². The molecule has 0 bridgehead atoms. The van der Waals surface area contributed by atoms with Gasteiger partial charge in [-0.1, -0.05) is 33.3 Å². The number of ether oxygens (including phenoxy) is 2. The number of nitriles is 1. The predicted molar refractivity (Wildman–Crippen MR) is 84.6 cm³/mol. The Bertz CT molecular complexity index is 508. The third-order valence-corrected chi connectivity index (χ3v) is 4.14. The van der Waals surface area contributed by atoms with Gasteiger partial charge in [0, 0.05) is 6.04 Å². The van der Waals surface area contributed by atoms with Crippen molar-refractivity contribution < 1.29 is 9.47 Å². The summed E-state index contributed by atoms with van der Waals surface area (Å²) in [5.41, 5.74) is 6.54. The maximum absolute atomic E-state index is 9.89. The normalized spacial score (nSPS) is 15.1. The maximum Gasteiger partial charge on any atom is 0.161 e. The van der Waals surface area contributed by atoms with Crippen LogP contribution in [0.2, 0.25) is 0 Å². The minimum atomic E-state index is -0.727. The Kier molecular flexibility index (Phi) is 6.04. The first-order valence-corrected chi connectivity index (χ1v) is 7.37. The summed E-state index contributed by atoms with van der Waals surface area (Å²) in [6.45, 7) is 6.15. The van der Waals surface area contributed by atoms with E-state index < -0.39 is 5.41 Å². The van der Waals surface area contributed by atoms with Crippen LogP contribution in [-0.2, 0) is 5.41 Å². The molecule has 2 atom stereocenters.